The molecule has 2 aromatic carbocycles. The number of hydrogen-bond acceptors (Lipinski definition) is 3. The van der Waals surface area contributed by atoms with Crippen LogP contribution in [0.15, 0.2) is 60.7 Å². The summed E-state index contributed by atoms with van der Waals surface area (Å²) in [6, 6.07) is 20.3. The molecule has 0 saturated carbocycles. The molecule has 26 heavy (non-hydrogen) atoms. The van der Waals surface area contributed by atoms with Crippen molar-refractivity contribution in [2.24, 2.45) is 0 Å². The van der Waals surface area contributed by atoms with Crippen LogP contribution in [0, 0.1) is 0 Å². The van der Waals surface area contributed by atoms with Crippen LogP contribution in [0.2, 0.25) is 0 Å². The summed E-state index contributed by atoms with van der Waals surface area (Å²) in [6.45, 7) is 5.79. The molecule has 0 spiro atoms. The van der Waals surface area contributed by atoms with Gasteiger partial charge >= 0.3 is 6.03 Å². The maximum atomic E-state index is 12.4. The number of rotatable bonds is 6. The molecular formula is C21H27N3O2. The zero-order valence-electron chi connectivity index (χ0n) is 15.2. The van der Waals surface area contributed by atoms with Gasteiger partial charge in [0.25, 0.3) is 0 Å². The summed E-state index contributed by atoms with van der Waals surface area (Å²) in [5.74, 6) is 0. The fraction of sp³-hybridized carbons (Fsp3) is 0.381. The Morgan fingerprint density at radius 3 is 2.19 bits per heavy atom. The maximum absolute atomic E-state index is 12.4. The molecule has 2 aromatic rings. The van der Waals surface area contributed by atoms with Crippen LogP contribution in [0.5, 0.6) is 0 Å². The van der Waals surface area contributed by atoms with Crippen LogP contribution in [-0.2, 0) is 4.74 Å². The lowest BCUT2D eigenvalue weighted by molar-refractivity contribution is 0.0167. The minimum atomic E-state index is -0.143. The first-order valence-electron chi connectivity index (χ1n) is 9.20. The van der Waals surface area contributed by atoms with Crippen molar-refractivity contribution in [1.82, 2.24) is 15.5 Å². The van der Waals surface area contributed by atoms with Crippen LogP contribution in [0.25, 0.3) is 0 Å². The number of nitrogens with zero attached hydrogens (tertiary/aromatic N) is 1. The van der Waals surface area contributed by atoms with Gasteiger partial charge in [-0.25, -0.2) is 4.79 Å². The standard InChI is InChI=1S/C21H27N3O2/c1-17(18-8-4-2-5-9-18)23-21(25)22-16-20(19-10-6-3-7-11-19)24-12-14-26-15-13-24/h2-11,17,20H,12-16H2,1H3,(H2,22,23,25). The van der Waals surface area contributed by atoms with Gasteiger partial charge in [0.05, 0.1) is 25.3 Å². The summed E-state index contributed by atoms with van der Waals surface area (Å²) in [5.41, 5.74) is 2.31. The fourth-order valence-electron chi connectivity index (χ4n) is 3.28. The lowest BCUT2D eigenvalue weighted by Crippen LogP contribution is -2.46. The molecule has 2 N–H and O–H groups in total. The number of ether oxygens (including phenoxy) is 1. The SMILES string of the molecule is CC(NC(=O)NCC(c1ccccc1)N1CCOCC1)c1ccccc1. The first-order chi connectivity index (χ1) is 12.7. The first-order valence-corrected chi connectivity index (χ1v) is 9.20. The Morgan fingerprint density at radius 1 is 1.00 bits per heavy atom. The average Bonchev–Trinajstić information content (AvgIpc) is 2.70. The van der Waals surface area contributed by atoms with Crippen molar-refractivity contribution >= 4 is 6.03 Å². The molecule has 2 amide bonds. The number of morpholine rings is 1. The van der Waals surface area contributed by atoms with Crippen molar-refractivity contribution in [2.45, 2.75) is 19.0 Å². The molecule has 1 fully saturated rings. The molecule has 1 aliphatic rings. The summed E-state index contributed by atoms with van der Waals surface area (Å²) in [7, 11) is 0. The third-order valence-corrected chi connectivity index (χ3v) is 4.77. The summed E-state index contributed by atoms with van der Waals surface area (Å²) >= 11 is 0. The maximum Gasteiger partial charge on any atom is 0.315 e. The molecule has 1 aliphatic heterocycles. The van der Waals surface area contributed by atoms with Crippen LogP contribution in [-0.4, -0.2) is 43.8 Å². The van der Waals surface area contributed by atoms with E-state index < -0.39 is 0 Å². The number of nitrogens with one attached hydrogen (secondary N) is 2. The molecule has 0 bridgehead atoms. The minimum Gasteiger partial charge on any atom is -0.379 e. The van der Waals surface area contributed by atoms with Gasteiger partial charge in [0.15, 0.2) is 0 Å². The van der Waals surface area contributed by atoms with E-state index in [2.05, 4.69) is 27.7 Å². The molecule has 5 heteroatoms. The van der Waals surface area contributed by atoms with Crippen LogP contribution in [0.1, 0.15) is 30.1 Å². The summed E-state index contributed by atoms with van der Waals surface area (Å²) < 4.78 is 5.47. The molecule has 2 atom stereocenters. The summed E-state index contributed by atoms with van der Waals surface area (Å²) in [5, 5.41) is 6.06. The molecular weight excluding hydrogens is 326 g/mol. The van der Waals surface area contributed by atoms with E-state index >= 15 is 0 Å². The molecule has 5 nitrogen and oxygen atoms in total. The minimum absolute atomic E-state index is 0.0326. The monoisotopic (exact) mass is 353 g/mol. The smallest absolute Gasteiger partial charge is 0.315 e. The molecule has 0 radical (unpaired) electrons. The van der Waals surface area contributed by atoms with Gasteiger partial charge in [-0.1, -0.05) is 60.7 Å². The van der Waals surface area contributed by atoms with Gasteiger partial charge in [0.1, 0.15) is 0 Å². The third-order valence-electron chi connectivity index (χ3n) is 4.77. The van der Waals surface area contributed by atoms with Gasteiger partial charge in [-0.15, -0.1) is 0 Å². The van der Waals surface area contributed by atoms with Gasteiger partial charge in [0.2, 0.25) is 0 Å². The quantitative estimate of drug-likeness (QED) is 0.839. The normalized spacial score (nSPS) is 17.3. The van der Waals surface area contributed by atoms with E-state index in [1.165, 1.54) is 5.56 Å². The molecule has 3 rings (SSSR count). The van der Waals surface area contributed by atoms with Crippen molar-refractivity contribution in [1.29, 1.82) is 0 Å². The lowest BCUT2D eigenvalue weighted by Gasteiger charge is -2.35. The number of benzene rings is 2. The van der Waals surface area contributed by atoms with Gasteiger partial charge in [-0.2, -0.15) is 0 Å². The topological polar surface area (TPSA) is 53.6 Å². The number of urea groups is 1. The largest absolute Gasteiger partial charge is 0.379 e. The second kappa shape index (κ2) is 9.36. The number of carbonyl (C=O) groups excluding carboxylic acids is 1. The van der Waals surface area contributed by atoms with Gasteiger partial charge < -0.3 is 15.4 Å². The molecule has 0 aliphatic carbocycles. The predicted molar refractivity (Wildman–Crippen MR) is 103 cm³/mol. The van der Waals surface area contributed by atoms with Crippen molar-refractivity contribution < 1.29 is 9.53 Å². The van der Waals surface area contributed by atoms with E-state index in [1.807, 2.05) is 55.5 Å². The third kappa shape index (κ3) is 5.07. The second-order valence-corrected chi connectivity index (χ2v) is 6.56. The van der Waals surface area contributed by atoms with Gasteiger partial charge in [-0.05, 0) is 18.1 Å². The molecule has 2 unspecified atom stereocenters. The average molecular weight is 353 g/mol. The van der Waals surface area contributed by atoms with Crippen molar-refractivity contribution in [3.63, 3.8) is 0 Å². The lowest BCUT2D eigenvalue weighted by atomic mass is 10.0. The highest BCUT2D eigenvalue weighted by atomic mass is 16.5. The van der Waals surface area contributed by atoms with Crippen LogP contribution < -0.4 is 10.6 Å². The Morgan fingerprint density at radius 2 is 1.58 bits per heavy atom. The molecule has 1 heterocycles. The Bertz CT molecular complexity index is 672. The number of carbonyl (C=O) groups is 1. The van der Waals surface area contributed by atoms with Crippen LogP contribution in [0.3, 0.4) is 0 Å². The summed E-state index contributed by atoms with van der Waals surface area (Å²) in [4.78, 5) is 14.8. The number of hydrogen-bond donors (Lipinski definition) is 2. The van der Waals surface area contributed by atoms with Crippen LogP contribution >= 0.6 is 0 Å². The highest BCUT2D eigenvalue weighted by molar-refractivity contribution is 5.74. The zero-order chi connectivity index (χ0) is 18.2. The fourth-order valence-corrected chi connectivity index (χ4v) is 3.28. The molecule has 1 saturated heterocycles. The summed E-state index contributed by atoms with van der Waals surface area (Å²) in [6.07, 6.45) is 0. The second-order valence-electron chi connectivity index (χ2n) is 6.56. The van der Waals surface area contributed by atoms with E-state index in [4.69, 9.17) is 4.74 Å². The van der Waals surface area contributed by atoms with Gasteiger partial charge in [-0.3, -0.25) is 4.90 Å². The Balaban J connectivity index is 1.59. The molecule has 0 aromatic heterocycles. The van der Waals surface area contributed by atoms with E-state index in [0.717, 1.165) is 31.9 Å². The van der Waals surface area contributed by atoms with E-state index in [9.17, 15) is 4.79 Å². The highest BCUT2D eigenvalue weighted by Crippen LogP contribution is 2.21. The van der Waals surface area contributed by atoms with E-state index in [-0.39, 0.29) is 18.1 Å². The zero-order valence-corrected chi connectivity index (χ0v) is 15.2. The Hall–Kier alpha value is -2.37. The van der Waals surface area contributed by atoms with Crippen molar-refractivity contribution in [3.05, 3.63) is 71.8 Å². The Kier molecular flexibility index (Phi) is 6.63. The first kappa shape index (κ1) is 18.4. The molecule has 138 valence electrons. The van der Waals surface area contributed by atoms with E-state index in [1.54, 1.807) is 0 Å². The van der Waals surface area contributed by atoms with E-state index in [0.29, 0.717) is 6.54 Å². The van der Waals surface area contributed by atoms with Gasteiger partial charge in [0, 0.05) is 19.6 Å². The predicted octanol–water partition coefficient (Wildman–Crippen LogP) is 3.12. The highest BCUT2D eigenvalue weighted by Gasteiger charge is 2.23. The number of amides is 2. The van der Waals surface area contributed by atoms with Crippen molar-refractivity contribution in [3.8, 4) is 0 Å². The van der Waals surface area contributed by atoms with Crippen LogP contribution in [0.4, 0.5) is 4.79 Å². The van der Waals surface area contributed by atoms with Crippen molar-refractivity contribution in [2.75, 3.05) is 32.8 Å². The Labute approximate surface area is 155 Å².